The third kappa shape index (κ3) is 4.26. The van der Waals surface area contributed by atoms with Gasteiger partial charge in [-0.3, -0.25) is 9.59 Å². The number of benzene rings is 1. The Morgan fingerprint density at radius 2 is 1.71 bits per heavy atom. The van der Waals surface area contributed by atoms with E-state index in [1.807, 2.05) is 0 Å². The van der Waals surface area contributed by atoms with E-state index in [0.29, 0.717) is 17.7 Å². The Bertz CT molecular complexity index is 385. The summed E-state index contributed by atoms with van der Waals surface area (Å²) in [6, 6.07) is 6.33. The first-order valence-corrected chi connectivity index (χ1v) is 5.83. The van der Waals surface area contributed by atoms with E-state index in [2.05, 4.69) is 12.2 Å². The van der Waals surface area contributed by atoms with Crippen molar-refractivity contribution >= 4 is 11.8 Å². The molecular formula is C13H18N2O2. The van der Waals surface area contributed by atoms with Gasteiger partial charge >= 0.3 is 0 Å². The fourth-order valence-electron chi connectivity index (χ4n) is 1.46. The van der Waals surface area contributed by atoms with Crippen LogP contribution in [0.1, 0.15) is 46.9 Å². The molecule has 0 saturated heterocycles. The van der Waals surface area contributed by atoms with Crippen LogP contribution in [0.25, 0.3) is 0 Å². The lowest BCUT2D eigenvalue weighted by Crippen LogP contribution is -2.24. The van der Waals surface area contributed by atoms with Crippen LogP contribution < -0.4 is 11.1 Å². The third-order valence-electron chi connectivity index (χ3n) is 2.50. The highest BCUT2D eigenvalue weighted by Gasteiger charge is 2.05. The first-order valence-electron chi connectivity index (χ1n) is 5.83. The molecule has 3 N–H and O–H groups in total. The average molecular weight is 234 g/mol. The number of amides is 2. The summed E-state index contributed by atoms with van der Waals surface area (Å²) in [5, 5.41) is 2.83. The quantitative estimate of drug-likeness (QED) is 0.735. The second-order valence-corrected chi connectivity index (χ2v) is 3.90. The summed E-state index contributed by atoms with van der Waals surface area (Å²) in [7, 11) is 0. The van der Waals surface area contributed by atoms with Crippen molar-refractivity contribution in [1.29, 1.82) is 0 Å². The van der Waals surface area contributed by atoms with Gasteiger partial charge < -0.3 is 11.1 Å². The van der Waals surface area contributed by atoms with Gasteiger partial charge in [-0.25, -0.2) is 0 Å². The highest BCUT2D eigenvalue weighted by molar-refractivity contribution is 5.97. The maximum Gasteiger partial charge on any atom is 0.251 e. The lowest BCUT2D eigenvalue weighted by Gasteiger charge is -2.05. The predicted octanol–water partition coefficient (Wildman–Crippen LogP) is 1.71. The summed E-state index contributed by atoms with van der Waals surface area (Å²) in [6.45, 7) is 2.80. The molecule has 0 saturated carbocycles. The zero-order valence-corrected chi connectivity index (χ0v) is 10.0. The molecule has 0 atom stereocenters. The van der Waals surface area contributed by atoms with Crippen LogP contribution in [0.3, 0.4) is 0 Å². The van der Waals surface area contributed by atoms with E-state index in [9.17, 15) is 9.59 Å². The Morgan fingerprint density at radius 1 is 1.12 bits per heavy atom. The zero-order chi connectivity index (χ0) is 12.7. The molecule has 0 heterocycles. The van der Waals surface area contributed by atoms with Crippen LogP contribution in [0.2, 0.25) is 0 Å². The largest absolute Gasteiger partial charge is 0.366 e. The fourth-order valence-corrected chi connectivity index (χ4v) is 1.46. The third-order valence-corrected chi connectivity index (χ3v) is 2.50. The van der Waals surface area contributed by atoms with E-state index in [4.69, 9.17) is 5.73 Å². The van der Waals surface area contributed by atoms with Crippen molar-refractivity contribution in [3.8, 4) is 0 Å². The van der Waals surface area contributed by atoms with Crippen LogP contribution in [-0.4, -0.2) is 18.4 Å². The molecule has 0 aliphatic rings. The number of carbonyl (C=O) groups is 2. The van der Waals surface area contributed by atoms with Crippen molar-refractivity contribution in [3.05, 3.63) is 35.4 Å². The van der Waals surface area contributed by atoms with E-state index < -0.39 is 5.91 Å². The molecule has 0 aromatic heterocycles. The summed E-state index contributed by atoms with van der Waals surface area (Å²) < 4.78 is 0. The van der Waals surface area contributed by atoms with Crippen LogP contribution in [0.15, 0.2) is 24.3 Å². The molecule has 4 heteroatoms. The standard InChI is InChI=1S/C13H18N2O2/c1-2-3-4-9-15-13(17)11-7-5-10(6-8-11)12(14)16/h5-8H,2-4,9H2,1H3,(H2,14,16)(H,15,17). The molecule has 0 aliphatic carbocycles. The lowest BCUT2D eigenvalue weighted by atomic mass is 10.1. The topological polar surface area (TPSA) is 72.2 Å². The summed E-state index contributed by atoms with van der Waals surface area (Å²) >= 11 is 0. The number of hydrogen-bond acceptors (Lipinski definition) is 2. The minimum absolute atomic E-state index is 0.114. The van der Waals surface area contributed by atoms with Crippen molar-refractivity contribution in [3.63, 3.8) is 0 Å². The maximum atomic E-state index is 11.7. The maximum absolute atomic E-state index is 11.7. The van der Waals surface area contributed by atoms with Gasteiger partial charge in [0.2, 0.25) is 5.91 Å². The number of rotatable bonds is 6. The smallest absolute Gasteiger partial charge is 0.251 e. The average Bonchev–Trinajstić information content (AvgIpc) is 2.34. The first kappa shape index (κ1) is 13.2. The molecule has 92 valence electrons. The van der Waals surface area contributed by atoms with E-state index in [1.165, 1.54) is 0 Å². The minimum Gasteiger partial charge on any atom is -0.366 e. The normalized spacial score (nSPS) is 9.94. The molecule has 0 unspecified atom stereocenters. The van der Waals surface area contributed by atoms with Gasteiger partial charge in [0.05, 0.1) is 0 Å². The van der Waals surface area contributed by atoms with Crippen molar-refractivity contribution in [1.82, 2.24) is 5.32 Å². The van der Waals surface area contributed by atoms with Gasteiger partial charge in [0.25, 0.3) is 5.91 Å². The molecule has 0 bridgehead atoms. The number of nitrogens with one attached hydrogen (secondary N) is 1. The number of primary amides is 1. The predicted molar refractivity (Wildman–Crippen MR) is 66.8 cm³/mol. The summed E-state index contributed by atoms with van der Waals surface area (Å²) in [6.07, 6.45) is 3.23. The molecule has 0 aliphatic heterocycles. The minimum atomic E-state index is -0.486. The second kappa shape index (κ2) is 6.68. The zero-order valence-electron chi connectivity index (χ0n) is 10.0. The lowest BCUT2D eigenvalue weighted by molar-refractivity contribution is 0.0950. The molecule has 4 nitrogen and oxygen atoms in total. The molecule has 0 spiro atoms. The fraction of sp³-hybridized carbons (Fsp3) is 0.385. The van der Waals surface area contributed by atoms with Crippen LogP contribution in [-0.2, 0) is 0 Å². The van der Waals surface area contributed by atoms with Crippen LogP contribution in [0.4, 0.5) is 0 Å². The van der Waals surface area contributed by atoms with Gasteiger partial charge in [-0.1, -0.05) is 19.8 Å². The van der Waals surface area contributed by atoms with Crippen molar-refractivity contribution in [2.24, 2.45) is 5.73 Å². The Kier molecular flexibility index (Phi) is 5.20. The molecule has 2 amide bonds. The Morgan fingerprint density at radius 3 is 2.24 bits per heavy atom. The molecule has 1 rings (SSSR count). The van der Waals surface area contributed by atoms with E-state index in [-0.39, 0.29) is 5.91 Å². The van der Waals surface area contributed by atoms with Gasteiger partial charge in [-0.05, 0) is 30.7 Å². The molecule has 1 aromatic rings. The first-order chi connectivity index (χ1) is 8.15. The van der Waals surface area contributed by atoms with Gasteiger partial charge in [-0.2, -0.15) is 0 Å². The highest BCUT2D eigenvalue weighted by Crippen LogP contribution is 2.04. The van der Waals surface area contributed by atoms with E-state index in [0.717, 1.165) is 19.3 Å². The summed E-state index contributed by atoms with van der Waals surface area (Å²) in [5.41, 5.74) is 6.07. The number of carbonyl (C=O) groups excluding carboxylic acids is 2. The van der Waals surface area contributed by atoms with Gasteiger partial charge in [0, 0.05) is 17.7 Å². The number of unbranched alkanes of at least 4 members (excludes halogenated alkanes) is 2. The Hall–Kier alpha value is -1.84. The van der Waals surface area contributed by atoms with Gasteiger partial charge in [0.1, 0.15) is 0 Å². The summed E-state index contributed by atoms with van der Waals surface area (Å²) in [5.74, 6) is -0.600. The summed E-state index contributed by atoms with van der Waals surface area (Å²) in [4.78, 5) is 22.5. The molecule has 1 aromatic carbocycles. The van der Waals surface area contributed by atoms with E-state index in [1.54, 1.807) is 24.3 Å². The number of nitrogens with two attached hydrogens (primary N) is 1. The van der Waals surface area contributed by atoms with Crippen molar-refractivity contribution in [2.45, 2.75) is 26.2 Å². The Balaban J connectivity index is 2.49. The van der Waals surface area contributed by atoms with Crippen molar-refractivity contribution in [2.75, 3.05) is 6.54 Å². The Labute approximate surface area is 101 Å². The van der Waals surface area contributed by atoms with Crippen LogP contribution in [0, 0.1) is 0 Å². The van der Waals surface area contributed by atoms with E-state index >= 15 is 0 Å². The molecular weight excluding hydrogens is 216 g/mol. The molecule has 0 fully saturated rings. The molecule has 0 radical (unpaired) electrons. The SMILES string of the molecule is CCCCCNC(=O)c1ccc(C(N)=O)cc1. The molecule has 17 heavy (non-hydrogen) atoms. The van der Waals surface area contributed by atoms with Crippen LogP contribution >= 0.6 is 0 Å². The highest BCUT2D eigenvalue weighted by atomic mass is 16.2. The van der Waals surface area contributed by atoms with Gasteiger partial charge in [0.15, 0.2) is 0 Å². The second-order valence-electron chi connectivity index (χ2n) is 3.90. The van der Waals surface area contributed by atoms with Crippen molar-refractivity contribution < 1.29 is 9.59 Å². The van der Waals surface area contributed by atoms with Gasteiger partial charge in [-0.15, -0.1) is 0 Å². The monoisotopic (exact) mass is 234 g/mol. The number of hydrogen-bond donors (Lipinski definition) is 2. The van der Waals surface area contributed by atoms with Crippen LogP contribution in [0.5, 0.6) is 0 Å².